The molecular formula is C14H20N2OS. The molecule has 98 valence electrons. The first kappa shape index (κ1) is 12.2. The average molecular weight is 264 g/mol. The van der Waals surface area contributed by atoms with Gasteiger partial charge in [0.25, 0.3) is 0 Å². The maximum absolute atomic E-state index is 12.4. The molecule has 1 aromatic rings. The molecule has 2 fully saturated rings. The summed E-state index contributed by atoms with van der Waals surface area (Å²) in [7, 11) is 0. The Kier molecular flexibility index (Phi) is 3.66. The van der Waals surface area contributed by atoms with E-state index in [-0.39, 0.29) is 0 Å². The zero-order valence-corrected chi connectivity index (χ0v) is 11.4. The van der Waals surface area contributed by atoms with Crippen LogP contribution >= 0.6 is 11.3 Å². The Labute approximate surface area is 112 Å². The van der Waals surface area contributed by atoms with Gasteiger partial charge in [0, 0.05) is 13.0 Å². The lowest BCUT2D eigenvalue weighted by Crippen LogP contribution is -2.32. The summed E-state index contributed by atoms with van der Waals surface area (Å²) < 4.78 is 0. The molecule has 0 aliphatic carbocycles. The highest BCUT2D eigenvalue weighted by Crippen LogP contribution is 2.34. The van der Waals surface area contributed by atoms with Gasteiger partial charge >= 0.3 is 0 Å². The van der Waals surface area contributed by atoms with Crippen molar-refractivity contribution in [2.75, 3.05) is 19.6 Å². The molecule has 2 atom stereocenters. The third-order valence-corrected chi connectivity index (χ3v) is 4.83. The van der Waals surface area contributed by atoms with Crippen molar-refractivity contribution in [2.24, 2.45) is 5.92 Å². The van der Waals surface area contributed by atoms with Crippen LogP contribution in [0.2, 0.25) is 0 Å². The van der Waals surface area contributed by atoms with E-state index < -0.39 is 0 Å². The number of hydrogen-bond acceptors (Lipinski definition) is 3. The van der Waals surface area contributed by atoms with Gasteiger partial charge in [-0.1, -0.05) is 0 Å². The second-order valence-corrected chi connectivity index (χ2v) is 6.14. The first-order valence-electron chi connectivity index (χ1n) is 6.87. The topological polar surface area (TPSA) is 32.3 Å². The quantitative estimate of drug-likeness (QED) is 0.909. The molecule has 1 amide bonds. The number of nitrogens with one attached hydrogen (secondary N) is 1. The van der Waals surface area contributed by atoms with Gasteiger partial charge < -0.3 is 10.2 Å². The van der Waals surface area contributed by atoms with Crippen LogP contribution in [-0.2, 0) is 4.79 Å². The Hall–Kier alpha value is -0.870. The van der Waals surface area contributed by atoms with Crippen molar-refractivity contribution in [3.05, 3.63) is 22.4 Å². The zero-order valence-electron chi connectivity index (χ0n) is 10.6. The number of likely N-dealkylation sites (tertiary alicyclic amines) is 1. The van der Waals surface area contributed by atoms with Crippen molar-refractivity contribution < 1.29 is 4.79 Å². The molecule has 0 bridgehead atoms. The lowest BCUT2D eigenvalue weighted by molar-refractivity contribution is -0.133. The Morgan fingerprint density at radius 1 is 1.50 bits per heavy atom. The van der Waals surface area contributed by atoms with Crippen LogP contribution in [0.4, 0.5) is 0 Å². The van der Waals surface area contributed by atoms with E-state index in [1.807, 2.05) is 0 Å². The first-order chi connectivity index (χ1) is 8.84. The lowest BCUT2D eigenvalue weighted by atomic mass is 10.0. The minimum absolute atomic E-state index is 0.345. The van der Waals surface area contributed by atoms with E-state index in [0.717, 1.165) is 45.3 Å². The van der Waals surface area contributed by atoms with Crippen molar-refractivity contribution in [3.8, 4) is 0 Å². The molecule has 1 aromatic heterocycles. The van der Waals surface area contributed by atoms with E-state index >= 15 is 0 Å². The fourth-order valence-electron chi connectivity index (χ4n) is 3.13. The molecule has 2 saturated heterocycles. The third-order valence-electron chi connectivity index (χ3n) is 4.13. The zero-order chi connectivity index (χ0) is 12.4. The summed E-state index contributed by atoms with van der Waals surface area (Å²) in [5.74, 6) is 0.915. The summed E-state index contributed by atoms with van der Waals surface area (Å²) in [4.78, 5) is 14.5. The van der Waals surface area contributed by atoms with E-state index in [9.17, 15) is 4.79 Å². The van der Waals surface area contributed by atoms with Crippen molar-refractivity contribution in [1.82, 2.24) is 10.2 Å². The van der Waals surface area contributed by atoms with Crippen LogP contribution in [0.25, 0.3) is 0 Å². The van der Waals surface area contributed by atoms with Crippen LogP contribution in [0.5, 0.6) is 0 Å². The van der Waals surface area contributed by atoms with E-state index in [2.05, 4.69) is 27.0 Å². The Morgan fingerprint density at radius 3 is 3.17 bits per heavy atom. The van der Waals surface area contributed by atoms with E-state index in [1.165, 1.54) is 5.56 Å². The molecule has 2 aliphatic heterocycles. The molecule has 2 aliphatic rings. The molecule has 4 heteroatoms. The fraction of sp³-hybridized carbons (Fsp3) is 0.643. The highest BCUT2D eigenvalue weighted by molar-refractivity contribution is 7.07. The van der Waals surface area contributed by atoms with Gasteiger partial charge in [-0.2, -0.15) is 11.3 Å². The number of nitrogens with zero attached hydrogens (tertiary/aromatic N) is 1. The highest BCUT2D eigenvalue weighted by Gasteiger charge is 2.31. The van der Waals surface area contributed by atoms with Gasteiger partial charge in [-0.3, -0.25) is 4.79 Å². The van der Waals surface area contributed by atoms with Crippen LogP contribution in [-0.4, -0.2) is 30.4 Å². The summed E-state index contributed by atoms with van der Waals surface area (Å²) >= 11 is 1.73. The van der Waals surface area contributed by atoms with Crippen molar-refractivity contribution in [2.45, 2.75) is 31.7 Å². The van der Waals surface area contributed by atoms with Gasteiger partial charge in [0.2, 0.25) is 5.91 Å². The standard InChI is InChI=1S/C14H20N2OS/c17-14(8-11-3-5-15-9-11)16-6-1-2-13(16)12-4-7-18-10-12/h4,7,10-11,13,15H,1-3,5-6,8-9H2. The molecule has 3 rings (SSSR count). The molecule has 0 saturated carbocycles. The first-order valence-corrected chi connectivity index (χ1v) is 7.81. The Balaban J connectivity index is 1.65. The molecule has 0 aromatic carbocycles. The minimum Gasteiger partial charge on any atom is -0.336 e. The summed E-state index contributed by atoms with van der Waals surface area (Å²) in [5.41, 5.74) is 1.33. The van der Waals surface area contributed by atoms with Crippen molar-refractivity contribution in [1.29, 1.82) is 0 Å². The Bertz CT molecular complexity index is 398. The number of carbonyl (C=O) groups excluding carboxylic acids is 1. The second kappa shape index (κ2) is 5.41. The van der Waals surface area contributed by atoms with Crippen molar-refractivity contribution >= 4 is 17.2 Å². The molecule has 3 nitrogen and oxygen atoms in total. The number of hydrogen-bond donors (Lipinski definition) is 1. The van der Waals surface area contributed by atoms with Crippen LogP contribution in [0.3, 0.4) is 0 Å². The van der Waals surface area contributed by atoms with Crippen LogP contribution in [0, 0.1) is 5.92 Å². The largest absolute Gasteiger partial charge is 0.336 e. The molecule has 0 radical (unpaired) electrons. The second-order valence-electron chi connectivity index (χ2n) is 5.36. The van der Waals surface area contributed by atoms with Gasteiger partial charge in [0.15, 0.2) is 0 Å². The van der Waals surface area contributed by atoms with E-state index in [4.69, 9.17) is 0 Å². The lowest BCUT2D eigenvalue weighted by Gasteiger charge is -2.25. The van der Waals surface area contributed by atoms with Gasteiger partial charge in [-0.05, 0) is 60.7 Å². The summed E-state index contributed by atoms with van der Waals surface area (Å²) in [6.45, 7) is 3.04. The number of amides is 1. The smallest absolute Gasteiger partial charge is 0.223 e. The molecule has 0 spiro atoms. The summed E-state index contributed by atoms with van der Waals surface area (Å²) in [5, 5.41) is 7.63. The van der Waals surface area contributed by atoms with Gasteiger partial charge in [-0.25, -0.2) is 0 Å². The summed E-state index contributed by atoms with van der Waals surface area (Å²) in [6, 6.07) is 2.51. The fourth-order valence-corrected chi connectivity index (χ4v) is 3.84. The van der Waals surface area contributed by atoms with Crippen LogP contribution in [0.15, 0.2) is 16.8 Å². The highest BCUT2D eigenvalue weighted by atomic mass is 32.1. The number of carbonyl (C=O) groups is 1. The van der Waals surface area contributed by atoms with Crippen LogP contribution < -0.4 is 5.32 Å². The SMILES string of the molecule is O=C(CC1CCNC1)N1CCCC1c1ccsc1. The average Bonchev–Trinajstić information content (AvgIpc) is 3.11. The van der Waals surface area contributed by atoms with Gasteiger partial charge in [-0.15, -0.1) is 0 Å². The Morgan fingerprint density at radius 2 is 2.44 bits per heavy atom. The van der Waals surface area contributed by atoms with Crippen LogP contribution in [0.1, 0.15) is 37.3 Å². The maximum atomic E-state index is 12.4. The minimum atomic E-state index is 0.345. The molecule has 2 unspecified atom stereocenters. The van der Waals surface area contributed by atoms with Crippen molar-refractivity contribution in [3.63, 3.8) is 0 Å². The maximum Gasteiger partial charge on any atom is 0.223 e. The van der Waals surface area contributed by atoms with E-state index in [0.29, 0.717) is 17.9 Å². The monoisotopic (exact) mass is 264 g/mol. The number of rotatable bonds is 3. The normalized spacial score (nSPS) is 27.9. The molecule has 1 N–H and O–H groups in total. The van der Waals surface area contributed by atoms with Gasteiger partial charge in [0.05, 0.1) is 6.04 Å². The predicted molar refractivity (Wildman–Crippen MR) is 73.6 cm³/mol. The molecular weight excluding hydrogens is 244 g/mol. The molecule has 3 heterocycles. The summed E-state index contributed by atoms with van der Waals surface area (Å²) in [6.07, 6.45) is 4.16. The third kappa shape index (κ3) is 2.45. The van der Waals surface area contributed by atoms with E-state index in [1.54, 1.807) is 11.3 Å². The number of thiophene rings is 1. The predicted octanol–water partition coefficient (Wildman–Crippen LogP) is 2.41. The van der Waals surface area contributed by atoms with Gasteiger partial charge in [0.1, 0.15) is 0 Å². The molecule has 18 heavy (non-hydrogen) atoms.